The summed E-state index contributed by atoms with van der Waals surface area (Å²) in [5.74, 6) is 0.674. The summed E-state index contributed by atoms with van der Waals surface area (Å²) in [5.41, 5.74) is 7.86. The minimum Gasteiger partial charge on any atom is -0.369 e. The molecule has 2 heterocycles. The van der Waals surface area contributed by atoms with E-state index >= 15 is 0 Å². The lowest BCUT2D eigenvalue weighted by Gasteiger charge is -2.03. The van der Waals surface area contributed by atoms with Crippen LogP contribution in [0.1, 0.15) is 11.5 Å². The van der Waals surface area contributed by atoms with Crippen LogP contribution in [0.4, 0.5) is 10.3 Å². The molecule has 0 unspecified atom stereocenters. The van der Waals surface area contributed by atoms with Crippen LogP contribution in [0.3, 0.4) is 0 Å². The molecule has 0 saturated heterocycles. The number of aryl methyl sites for hydroxylation is 1. The number of aromatic nitrogens is 3. The Bertz CT molecular complexity index is 765. The summed E-state index contributed by atoms with van der Waals surface area (Å²) in [6.45, 7) is 2.25. The molecule has 0 aliphatic rings. The number of fused-ring (bicyclic) bond motifs is 1. The molecule has 3 aromatic rings. The Kier molecular flexibility index (Phi) is 2.78. The van der Waals surface area contributed by atoms with Crippen molar-refractivity contribution in [2.24, 2.45) is 0 Å². The van der Waals surface area contributed by atoms with Crippen LogP contribution in [0, 0.1) is 12.7 Å². The Labute approximate surface area is 116 Å². The zero-order valence-electron chi connectivity index (χ0n) is 10.0. The Morgan fingerprint density at radius 2 is 2.21 bits per heavy atom. The maximum Gasteiger partial charge on any atom is 0.201 e. The topological polar surface area (TPSA) is 69.9 Å². The van der Waals surface area contributed by atoms with Crippen LogP contribution in [0.15, 0.2) is 27.2 Å². The standard InChI is InChI=1S/C12H10BrFN4O/c1-6-2-7(17-19-6)5-18-11-3-8(13)9(14)4-10(11)16-12(18)15/h2-4H,5H2,1H3,(H2,15,16). The van der Waals surface area contributed by atoms with Crippen molar-refractivity contribution in [2.45, 2.75) is 13.5 Å². The SMILES string of the molecule is Cc1cc(Cn2c(N)nc3cc(F)c(Br)cc32)no1. The monoisotopic (exact) mass is 324 g/mol. The van der Waals surface area contributed by atoms with E-state index in [1.54, 1.807) is 10.6 Å². The second-order valence-electron chi connectivity index (χ2n) is 4.24. The van der Waals surface area contributed by atoms with Gasteiger partial charge in [0, 0.05) is 12.1 Å². The molecular weight excluding hydrogens is 315 g/mol. The maximum atomic E-state index is 13.5. The molecule has 5 nitrogen and oxygen atoms in total. The number of nitrogen functional groups attached to an aromatic ring is 1. The second kappa shape index (κ2) is 4.34. The molecule has 2 N–H and O–H groups in total. The van der Waals surface area contributed by atoms with Crippen LogP contribution in [-0.4, -0.2) is 14.7 Å². The number of halogens is 2. The summed E-state index contributed by atoms with van der Waals surface area (Å²) in [6, 6.07) is 4.82. The molecule has 98 valence electrons. The Hall–Kier alpha value is -1.89. The number of benzene rings is 1. The summed E-state index contributed by atoms with van der Waals surface area (Å²) in [5, 5.41) is 3.91. The lowest BCUT2D eigenvalue weighted by Crippen LogP contribution is -2.04. The zero-order valence-corrected chi connectivity index (χ0v) is 11.6. The van der Waals surface area contributed by atoms with Gasteiger partial charge < -0.3 is 14.8 Å². The first-order valence-electron chi connectivity index (χ1n) is 5.57. The van der Waals surface area contributed by atoms with Crippen LogP contribution in [0.25, 0.3) is 11.0 Å². The van der Waals surface area contributed by atoms with Crippen LogP contribution in [-0.2, 0) is 6.54 Å². The molecule has 0 aliphatic carbocycles. The molecule has 19 heavy (non-hydrogen) atoms. The first-order chi connectivity index (χ1) is 9.04. The predicted octanol–water partition coefficient (Wildman–Crippen LogP) is 2.86. The van der Waals surface area contributed by atoms with Gasteiger partial charge in [0.2, 0.25) is 5.95 Å². The number of nitrogens with two attached hydrogens (primary N) is 1. The third-order valence-corrected chi connectivity index (χ3v) is 3.42. The number of rotatable bonds is 2. The van der Waals surface area contributed by atoms with E-state index in [0.717, 1.165) is 17.0 Å². The molecule has 0 aliphatic heterocycles. The number of hydrogen-bond donors (Lipinski definition) is 1. The highest BCUT2D eigenvalue weighted by Gasteiger charge is 2.13. The highest BCUT2D eigenvalue weighted by molar-refractivity contribution is 9.10. The van der Waals surface area contributed by atoms with Crippen molar-refractivity contribution >= 4 is 32.9 Å². The number of nitrogens with zero attached hydrogens (tertiary/aromatic N) is 3. The first kappa shape index (κ1) is 12.2. The van der Waals surface area contributed by atoms with E-state index in [2.05, 4.69) is 26.1 Å². The summed E-state index contributed by atoms with van der Waals surface area (Å²) >= 11 is 3.16. The van der Waals surface area contributed by atoms with Gasteiger partial charge in [0.1, 0.15) is 17.3 Å². The van der Waals surface area contributed by atoms with Gasteiger partial charge in [-0.25, -0.2) is 9.37 Å². The largest absolute Gasteiger partial charge is 0.369 e. The molecule has 7 heteroatoms. The van der Waals surface area contributed by atoms with E-state index in [1.165, 1.54) is 6.07 Å². The molecule has 0 radical (unpaired) electrons. The van der Waals surface area contributed by atoms with Gasteiger partial charge in [0.05, 0.1) is 22.1 Å². The van der Waals surface area contributed by atoms with Crippen molar-refractivity contribution in [1.29, 1.82) is 0 Å². The van der Waals surface area contributed by atoms with Gasteiger partial charge in [-0.05, 0) is 28.9 Å². The van der Waals surface area contributed by atoms with Crippen molar-refractivity contribution in [3.05, 3.63) is 39.9 Å². The smallest absolute Gasteiger partial charge is 0.201 e. The lowest BCUT2D eigenvalue weighted by molar-refractivity contribution is 0.389. The van der Waals surface area contributed by atoms with Crippen molar-refractivity contribution in [3.63, 3.8) is 0 Å². The Morgan fingerprint density at radius 1 is 1.42 bits per heavy atom. The summed E-state index contributed by atoms with van der Waals surface area (Å²) in [6.07, 6.45) is 0. The van der Waals surface area contributed by atoms with Gasteiger partial charge in [0.25, 0.3) is 0 Å². The number of hydrogen-bond acceptors (Lipinski definition) is 4. The second-order valence-corrected chi connectivity index (χ2v) is 5.09. The molecule has 0 bridgehead atoms. The molecule has 0 amide bonds. The molecule has 2 aromatic heterocycles. The zero-order chi connectivity index (χ0) is 13.6. The van der Waals surface area contributed by atoms with Crippen molar-refractivity contribution < 1.29 is 8.91 Å². The summed E-state index contributed by atoms with van der Waals surface area (Å²) in [4.78, 5) is 4.14. The fourth-order valence-electron chi connectivity index (χ4n) is 1.96. The highest BCUT2D eigenvalue weighted by atomic mass is 79.9. The Morgan fingerprint density at radius 3 is 2.89 bits per heavy atom. The van der Waals surface area contributed by atoms with Crippen molar-refractivity contribution in [1.82, 2.24) is 14.7 Å². The minimum atomic E-state index is -0.366. The van der Waals surface area contributed by atoms with Gasteiger partial charge in [-0.3, -0.25) is 0 Å². The molecule has 0 fully saturated rings. The molecule has 0 saturated carbocycles. The molecule has 0 spiro atoms. The van der Waals surface area contributed by atoms with E-state index < -0.39 is 0 Å². The van der Waals surface area contributed by atoms with Crippen molar-refractivity contribution in [2.75, 3.05) is 5.73 Å². The number of imidazole rings is 1. The normalized spacial score (nSPS) is 11.3. The average molecular weight is 325 g/mol. The third-order valence-electron chi connectivity index (χ3n) is 2.82. The van der Waals surface area contributed by atoms with Crippen LogP contribution < -0.4 is 5.73 Å². The van der Waals surface area contributed by atoms with Gasteiger partial charge in [-0.15, -0.1) is 0 Å². The molecular formula is C12H10BrFN4O. The third kappa shape index (κ3) is 2.10. The van der Waals surface area contributed by atoms with Gasteiger partial charge in [-0.2, -0.15) is 0 Å². The maximum absolute atomic E-state index is 13.5. The quantitative estimate of drug-likeness (QED) is 0.786. The average Bonchev–Trinajstić information content (AvgIpc) is 2.87. The number of anilines is 1. The Balaban J connectivity index is 2.12. The van der Waals surface area contributed by atoms with Gasteiger partial charge >= 0.3 is 0 Å². The van der Waals surface area contributed by atoms with E-state index in [0.29, 0.717) is 22.5 Å². The molecule has 0 atom stereocenters. The molecule has 3 rings (SSSR count). The van der Waals surface area contributed by atoms with Crippen LogP contribution >= 0.6 is 15.9 Å². The lowest BCUT2D eigenvalue weighted by atomic mass is 10.3. The fourth-order valence-corrected chi connectivity index (χ4v) is 2.29. The van der Waals surface area contributed by atoms with E-state index in [1.807, 2.05) is 13.0 Å². The first-order valence-corrected chi connectivity index (χ1v) is 6.37. The van der Waals surface area contributed by atoms with Crippen molar-refractivity contribution in [3.8, 4) is 0 Å². The fraction of sp³-hybridized carbons (Fsp3) is 0.167. The van der Waals surface area contributed by atoms with Gasteiger partial charge in [-0.1, -0.05) is 5.16 Å². The predicted molar refractivity (Wildman–Crippen MR) is 72.1 cm³/mol. The van der Waals surface area contributed by atoms with E-state index in [4.69, 9.17) is 10.3 Å². The van der Waals surface area contributed by atoms with E-state index in [9.17, 15) is 4.39 Å². The van der Waals surface area contributed by atoms with E-state index in [-0.39, 0.29) is 5.82 Å². The van der Waals surface area contributed by atoms with Crippen LogP contribution in [0.2, 0.25) is 0 Å². The van der Waals surface area contributed by atoms with Gasteiger partial charge in [0.15, 0.2) is 0 Å². The summed E-state index contributed by atoms with van der Waals surface area (Å²) in [7, 11) is 0. The molecule has 1 aromatic carbocycles. The van der Waals surface area contributed by atoms with Crippen LogP contribution in [0.5, 0.6) is 0 Å². The minimum absolute atomic E-state index is 0.313. The summed E-state index contributed by atoms with van der Waals surface area (Å²) < 4.78 is 20.6. The highest BCUT2D eigenvalue weighted by Crippen LogP contribution is 2.25.